The monoisotopic (exact) mass is 393 g/mol. The third kappa shape index (κ3) is 3.05. The van der Waals surface area contributed by atoms with Gasteiger partial charge >= 0.3 is 0 Å². The summed E-state index contributed by atoms with van der Waals surface area (Å²) in [6.45, 7) is 4.19. The molecule has 8 heteroatoms. The Morgan fingerprint density at radius 2 is 1.69 bits per heavy atom. The van der Waals surface area contributed by atoms with Gasteiger partial charge in [-0.15, -0.1) is 0 Å². The molecule has 0 radical (unpaired) electrons. The number of nitrogens with one attached hydrogen (secondary N) is 1. The Morgan fingerprint density at radius 1 is 0.931 bits per heavy atom. The number of rotatable bonds is 4. The minimum absolute atomic E-state index is 0.158. The predicted molar refractivity (Wildman–Crippen MR) is 107 cm³/mol. The van der Waals surface area contributed by atoms with Crippen LogP contribution in [0.2, 0.25) is 0 Å². The van der Waals surface area contributed by atoms with Crippen LogP contribution in [0.15, 0.2) is 42.5 Å². The van der Waals surface area contributed by atoms with Crippen LogP contribution >= 0.6 is 0 Å². The van der Waals surface area contributed by atoms with Crippen LogP contribution in [0.25, 0.3) is 10.9 Å². The molecule has 0 aliphatic carbocycles. The van der Waals surface area contributed by atoms with E-state index >= 15 is 0 Å². The van der Waals surface area contributed by atoms with Crippen molar-refractivity contribution in [3.8, 4) is 0 Å². The Labute approximate surface area is 166 Å². The zero-order valence-electron chi connectivity index (χ0n) is 15.8. The highest BCUT2D eigenvalue weighted by atomic mass is 19.1. The van der Waals surface area contributed by atoms with E-state index in [1.807, 2.05) is 18.2 Å². The summed E-state index contributed by atoms with van der Waals surface area (Å²) >= 11 is 0. The number of hydrogen-bond acceptors (Lipinski definition) is 5. The van der Waals surface area contributed by atoms with E-state index in [9.17, 15) is 14.0 Å². The zero-order valence-corrected chi connectivity index (χ0v) is 15.8. The van der Waals surface area contributed by atoms with Crippen molar-refractivity contribution >= 4 is 28.5 Å². The Kier molecular flexibility index (Phi) is 4.28. The quantitative estimate of drug-likeness (QED) is 0.688. The van der Waals surface area contributed by atoms with Gasteiger partial charge < -0.3 is 4.90 Å². The SMILES string of the molecule is O=C1c2ccc(F)cc2C(=O)N1CCN1CCN(c2n[nH]c3ccccc23)CC1. The third-order valence-electron chi connectivity index (χ3n) is 5.69. The third-order valence-corrected chi connectivity index (χ3v) is 5.69. The molecule has 0 bridgehead atoms. The van der Waals surface area contributed by atoms with E-state index < -0.39 is 11.7 Å². The number of amides is 2. The molecule has 2 amide bonds. The maximum Gasteiger partial charge on any atom is 0.261 e. The van der Waals surface area contributed by atoms with E-state index in [1.54, 1.807) is 0 Å². The fourth-order valence-electron chi connectivity index (χ4n) is 4.08. The second-order valence-corrected chi connectivity index (χ2v) is 7.37. The molecule has 5 rings (SSSR count). The van der Waals surface area contributed by atoms with Gasteiger partial charge in [-0.1, -0.05) is 12.1 Å². The number of benzene rings is 2. The first-order valence-corrected chi connectivity index (χ1v) is 9.68. The molecule has 1 aromatic heterocycles. The second kappa shape index (κ2) is 6.97. The molecular weight excluding hydrogens is 373 g/mol. The standard InChI is InChI=1S/C21H20FN5O2/c22-14-5-6-15-17(13-14)21(29)27(20(15)28)12-9-25-7-10-26(11-8-25)19-16-3-1-2-4-18(16)23-24-19/h1-6,13H,7-12H2,(H,23,24). The molecule has 2 aliphatic rings. The number of imide groups is 1. The number of anilines is 1. The summed E-state index contributed by atoms with van der Waals surface area (Å²) in [5.74, 6) is -0.297. The van der Waals surface area contributed by atoms with Crippen molar-refractivity contribution in [1.82, 2.24) is 20.0 Å². The smallest absolute Gasteiger partial charge is 0.261 e. The molecule has 1 N–H and O–H groups in total. The molecule has 7 nitrogen and oxygen atoms in total. The van der Waals surface area contributed by atoms with Gasteiger partial charge in [-0.2, -0.15) is 5.10 Å². The van der Waals surface area contributed by atoms with Crippen LogP contribution in [0.5, 0.6) is 0 Å². The first-order valence-electron chi connectivity index (χ1n) is 9.68. The molecule has 148 valence electrons. The van der Waals surface area contributed by atoms with Crippen LogP contribution in [0.3, 0.4) is 0 Å². The van der Waals surface area contributed by atoms with Gasteiger partial charge in [0.25, 0.3) is 11.8 Å². The Bertz CT molecular complexity index is 1100. The first-order chi connectivity index (χ1) is 14.1. The van der Waals surface area contributed by atoms with E-state index in [-0.39, 0.29) is 17.0 Å². The molecule has 0 unspecified atom stereocenters. The lowest BCUT2D eigenvalue weighted by molar-refractivity contribution is 0.0634. The molecular formula is C21H20FN5O2. The van der Waals surface area contributed by atoms with Gasteiger partial charge in [-0.05, 0) is 30.3 Å². The van der Waals surface area contributed by atoms with E-state index in [1.165, 1.54) is 17.0 Å². The van der Waals surface area contributed by atoms with Crippen LogP contribution < -0.4 is 4.90 Å². The zero-order chi connectivity index (χ0) is 20.0. The average Bonchev–Trinajstić information content (AvgIpc) is 3.27. The maximum atomic E-state index is 13.4. The lowest BCUT2D eigenvalue weighted by Gasteiger charge is -2.35. The summed E-state index contributed by atoms with van der Waals surface area (Å²) in [6.07, 6.45) is 0. The number of carbonyl (C=O) groups excluding carboxylic acids is 2. The average molecular weight is 393 g/mol. The fraction of sp³-hybridized carbons (Fsp3) is 0.286. The maximum absolute atomic E-state index is 13.4. The molecule has 0 atom stereocenters. The van der Waals surface area contributed by atoms with E-state index in [2.05, 4.69) is 26.1 Å². The molecule has 2 aromatic carbocycles. The lowest BCUT2D eigenvalue weighted by atomic mass is 10.1. The molecule has 0 saturated carbocycles. The molecule has 29 heavy (non-hydrogen) atoms. The largest absolute Gasteiger partial charge is 0.352 e. The number of nitrogens with zero attached hydrogens (tertiary/aromatic N) is 4. The van der Waals surface area contributed by atoms with Gasteiger partial charge in [0, 0.05) is 44.7 Å². The normalized spacial score (nSPS) is 17.4. The Balaban J connectivity index is 1.20. The topological polar surface area (TPSA) is 72.5 Å². The van der Waals surface area contributed by atoms with Crippen LogP contribution in [0, 0.1) is 5.82 Å². The number of aromatic amines is 1. The molecule has 3 heterocycles. The second-order valence-electron chi connectivity index (χ2n) is 7.37. The molecule has 3 aromatic rings. The number of piperazine rings is 1. The minimum Gasteiger partial charge on any atom is -0.352 e. The first kappa shape index (κ1) is 17.8. The highest BCUT2D eigenvalue weighted by Gasteiger charge is 2.35. The number of halogens is 1. The van der Waals surface area contributed by atoms with E-state index in [0.717, 1.165) is 49.0 Å². The minimum atomic E-state index is -0.506. The van der Waals surface area contributed by atoms with E-state index in [0.29, 0.717) is 13.1 Å². The number of carbonyl (C=O) groups is 2. The van der Waals surface area contributed by atoms with Crippen LogP contribution in [0.4, 0.5) is 10.2 Å². The predicted octanol–water partition coefficient (Wildman–Crippen LogP) is 2.12. The van der Waals surface area contributed by atoms with Gasteiger partial charge in [0.15, 0.2) is 5.82 Å². The number of para-hydroxylation sites is 1. The molecule has 1 fully saturated rings. The number of fused-ring (bicyclic) bond motifs is 2. The lowest BCUT2D eigenvalue weighted by Crippen LogP contribution is -2.49. The summed E-state index contributed by atoms with van der Waals surface area (Å²) in [5.41, 5.74) is 1.46. The van der Waals surface area contributed by atoms with Crippen molar-refractivity contribution in [3.05, 3.63) is 59.4 Å². The molecule has 0 spiro atoms. The number of aromatic nitrogens is 2. The van der Waals surface area contributed by atoms with Gasteiger partial charge in [0.2, 0.25) is 0 Å². The fourth-order valence-corrected chi connectivity index (χ4v) is 4.08. The highest BCUT2D eigenvalue weighted by molar-refractivity contribution is 6.21. The summed E-state index contributed by atoms with van der Waals surface area (Å²) in [6, 6.07) is 11.8. The summed E-state index contributed by atoms with van der Waals surface area (Å²) in [7, 11) is 0. The van der Waals surface area contributed by atoms with Crippen molar-refractivity contribution in [1.29, 1.82) is 0 Å². The summed E-state index contributed by atoms with van der Waals surface area (Å²) in [5, 5.41) is 8.64. The molecule has 1 saturated heterocycles. The summed E-state index contributed by atoms with van der Waals surface area (Å²) < 4.78 is 13.4. The van der Waals surface area contributed by atoms with Crippen molar-refractivity contribution in [2.45, 2.75) is 0 Å². The van der Waals surface area contributed by atoms with E-state index in [4.69, 9.17) is 0 Å². The van der Waals surface area contributed by atoms with Crippen molar-refractivity contribution in [2.75, 3.05) is 44.2 Å². The van der Waals surface area contributed by atoms with Crippen LogP contribution in [-0.4, -0.2) is 71.1 Å². The Morgan fingerprint density at radius 3 is 2.52 bits per heavy atom. The van der Waals surface area contributed by atoms with Gasteiger partial charge in [-0.3, -0.25) is 24.5 Å². The number of H-pyrrole nitrogens is 1. The van der Waals surface area contributed by atoms with Crippen molar-refractivity contribution in [3.63, 3.8) is 0 Å². The molecule has 2 aliphatic heterocycles. The van der Waals surface area contributed by atoms with Gasteiger partial charge in [0.1, 0.15) is 5.82 Å². The highest BCUT2D eigenvalue weighted by Crippen LogP contribution is 2.25. The summed E-state index contributed by atoms with van der Waals surface area (Å²) in [4.78, 5) is 30.6. The van der Waals surface area contributed by atoms with Crippen molar-refractivity contribution in [2.24, 2.45) is 0 Å². The number of hydrogen-bond donors (Lipinski definition) is 1. The van der Waals surface area contributed by atoms with Crippen molar-refractivity contribution < 1.29 is 14.0 Å². The van der Waals surface area contributed by atoms with Gasteiger partial charge in [0.05, 0.1) is 16.6 Å². The van der Waals surface area contributed by atoms with Crippen LogP contribution in [-0.2, 0) is 0 Å². The van der Waals surface area contributed by atoms with Crippen LogP contribution in [0.1, 0.15) is 20.7 Å². The Hall–Kier alpha value is -3.26. The van der Waals surface area contributed by atoms with Gasteiger partial charge in [-0.25, -0.2) is 4.39 Å².